The number of piperazine rings is 1. The van der Waals surface area contributed by atoms with Crippen molar-refractivity contribution in [2.45, 2.75) is 30.7 Å². The number of likely N-dealkylation sites (tertiary alicyclic amines) is 1. The molecule has 0 unspecified atom stereocenters. The first-order chi connectivity index (χ1) is 15.9. The van der Waals surface area contributed by atoms with Crippen LogP contribution in [0, 0.1) is 0 Å². The molecule has 8 heteroatoms. The van der Waals surface area contributed by atoms with Gasteiger partial charge in [0, 0.05) is 55.9 Å². The number of hydrogen-bond donors (Lipinski definition) is 1. The van der Waals surface area contributed by atoms with Crippen LogP contribution in [-0.2, 0) is 11.3 Å². The highest BCUT2D eigenvalue weighted by Crippen LogP contribution is 2.40. The average Bonchev–Trinajstić information content (AvgIpc) is 3.17. The fraction of sp³-hybridized carbons (Fsp3) is 0.440. The normalized spacial score (nSPS) is 24.4. The van der Waals surface area contributed by atoms with E-state index in [4.69, 9.17) is 16.3 Å². The number of esters is 1. The van der Waals surface area contributed by atoms with Crippen molar-refractivity contribution in [3.05, 3.63) is 70.2 Å². The molecule has 2 aromatic rings. The van der Waals surface area contributed by atoms with Crippen LogP contribution in [-0.4, -0.2) is 89.2 Å². The average molecular weight is 470 g/mol. The molecule has 2 atom stereocenters. The maximum absolute atomic E-state index is 13.4. The van der Waals surface area contributed by atoms with Gasteiger partial charge in [-0.2, -0.15) is 0 Å². The molecule has 3 fully saturated rings. The van der Waals surface area contributed by atoms with Crippen LogP contribution < -0.4 is 0 Å². The Balaban J connectivity index is 1.34. The lowest BCUT2D eigenvalue weighted by molar-refractivity contribution is -0.108. The monoisotopic (exact) mass is 469 g/mol. The number of fused-ring (bicyclic) bond motifs is 2. The van der Waals surface area contributed by atoms with Gasteiger partial charge in [0.2, 0.25) is 0 Å². The Labute approximate surface area is 198 Å². The summed E-state index contributed by atoms with van der Waals surface area (Å²) in [5.41, 5.74) is 1.84. The number of aliphatic hydroxyl groups is 1. The fourth-order valence-corrected chi connectivity index (χ4v) is 5.93. The summed E-state index contributed by atoms with van der Waals surface area (Å²) in [6.45, 7) is 4.29. The van der Waals surface area contributed by atoms with Crippen LogP contribution in [0.1, 0.15) is 32.7 Å². The smallest absolute Gasteiger partial charge is 0.337 e. The third kappa shape index (κ3) is 4.26. The molecule has 7 nitrogen and oxygen atoms in total. The molecule has 1 N–H and O–H groups in total. The molecular weight excluding hydrogens is 442 g/mol. The zero-order chi connectivity index (χ0) is 23.2. The largest absolute Gasteiger partial charge is 0.465 e. The van der Waals surface area contributed by atoms with Crippen LogP contribution in [0.25, 0.3) is 0 Å². The number of methoxy groups -OCH3 is 1. The number of β-amino-alcohol motifs (C(OH)–C–C–N with tert-alkyl or cyclic N) is 1. The number of benzene rings is 2. The predicted octanol–water partition coefficient (Wildman–Crippen LogP) is 2.27. The number of aliphatic hydroxyl groups excluding tert-OH is 1. The Morgan fingerprint density at radius 1 is 1.09 bits per heavy atom. The van der Waals surface area contributed by atoms with E-state index < -0.39 is 5.97 Å². The van der Waals surface area contributed by atoms with E-state index in [9.17, 15) is 14.7 Å². The number of ether oxygens (including phenoxy) is 1. The summed E-state index contributed by atoms with van der Waals surface area (Å²) in [5.74, 6) is -0.546. The molecule has 3 heterocycles. The first-order valence-corrected chi connectivity index (χ1v) is 11.6. The molecule has 0 saturated carbocycles. The Morgan fingerprint density at radius 2 is 1.85 bits per heavy atom. The summed E-state index contributed by atoms with van der Waals surface area (Å²) < 4.78 is 4.80. The summed E-state index contributed by atoms with van der Waals surface area (Å²) in [6, 6.07) is 14.7. The molecule has 3 saturated heterocycles. The van der Waals surface area contributed by atoms with E-state index in [1.807, 2.05) is 23.1 Å². The van der Waals surface area contributed by atoms with Gasteiger partial charge in [-0.25, -0.2) is 4.79 Å². The highest BCUT2D eigenvalue weighted by Gasteiger charge is 2.56. The predicted molar refractivity (Wildman–Crippen MR) is 124 cm³/mol. The quantitative estimate of drug-likeness (QED) is 0.692. The van der Waals surface area contributed by atoms with Crippen molar-refractivity contribution in [1.82, 2.24) is 14.7 Å². The third-order valence-electron chi connectivity index (χ3n) is 7.07. The van der Waals surface area contributed by atoms with Gasteiger partial charge in [0.25, 0.3) is 5.91 Å². The van der Waals surface area contributed by atoms with Crippen molar-refractivity contribution >= 4 is 23.5 Å². The molecule has 3 aliphatic rings. The van der Waals surface area contributed by atoms with E-state index >= 15 is 0 Å². The molecule has 5 rings (SSSR count). The zero-order valence-corrected chi connectivity index (χ0v) is 19.4. The first-order valence-electron chi connectivity index (χ1n) is 11.3. The lowest BCUT2D eigenvalue weighted by Gasteiger charge is -2.61. The summed E-state index contributed by atoms with van der Waals surface area (Å²) in [4.78, 5) is 32.0. The molecule has 0 aliphatic carbocycles. The fourth-order valence-electron chi connectivity index (χ4n) is 5.72. The van der Waals surface area contributed by atoms with Crippen molar-refractivity contribution in [3.63, 3.8) is 0 Å². The summed E-state index contributed by atoms with van der Waals surface area (Å²) in [5, 5.41) is 11.1. The SMILES string of the molecule is COC(=O)c1cccc(C(=O)N2C[C@@H]3C[C@@H](O)CN3C3(CN(Cc4cccc(Cl)c4)C3)C2)c1. The molecular formula is C25H28ClN3O4. The second kappa shape index (κ2) is 8.72. The van der Waals surface area contributed by atoms with Gasteiger partial charge in [-0.3, -0.25) is 14.6 Å². The first kappa shape index (κ1) is 22.3. The number of carbonyl (C=O) groups is 2. The maximum Gasteiger partial charge on any atom is 0.337 e. The molecule has 2 aromatic carbocycles. The topological polar surface area (TPSA) is 73.3 Å². The Bertz CT molecular complexity index is 1070. The van der Waals surface area contributed by atoms with Crippen LogP contribution in [0.15, 0.2) is 48.5 Å². The number of nitrogens with zero attached hydrogens (tertiary/aromatic N) is 3. The van der Waals surface area contributed by atoms with Gasteiger partial charge in [-0.1, -0.05) is 29.8 Å². The lowest BCUT2D eigenvalue weighted by Crippen LogP contribution is -2.78. The highest BCUT2D eigenvalue weighted by atomic mass is 35.5. The highest BCUT2D eigenvalue weighted by molar-refractivity contribution is 6.30. The van der Waals surface area contributed by atoms with Gasteiger partial charge in [0.15, 0.2) is 0 Å². The molecule has 3 aliphatic heterocycles. The van der Waals surface area contributed by atoms with Crippen LogP contribution in [0.2, 0.25) is 5.02 Å². The van der Waals surface area contributed by atoms with E-state index in [1.54, 1.807) is 24.3 Å². The van der Waals surface area contributed by atoms with E-state index in [0.717, 1.165) is 24.7 Å². The van der Waals surface area contributed by atoms with Gasteiger partial charge >= 0.3 is 5.97 Å². The third-order valence-corrected chi connectivity index (χ3v) is 7.30. The Morgan fingerprint density at radius 3 is 2.61 bits per heavy atom. The van der Waals surface area contributed by atoms with Crippen molar-refractivity contribution in [3.8, 4) is 0 Å². The number of halogens is 1. The van der Waals surface area contributed by atoms with Crippen LogP contribution in [0.4, 0.5) is 0 Å². The lowest BCUT2D eigenvalue weighted by atomic mass is 9.83. The Kier molecular flexibility index (Phi) is 5.91. The molecule has 1 spiro atoms. The van der Waals surface area contributed by atoms with Crippen LogP contribution >= 0.6 is 11.6 Å². The van der Waals surface area contributed by atoms with Gasteiger partial charge in [-0.05, 0) is 42.3 Å². The number of carbonyl (C=O) groups excluding carboxylic acids is 2. The minimum Gasteiger partial charge on any atom is -0.465 e. The van der Waals surface area contributed by atoms with Crippen LogP contribution in [0.3, 0.4) is 0 Å². The van der Waals surface area contributed by atoms with Gasteiger partial charge in [-0.15, -0.1) is 0 Å². The number of hydrogen-bond acceptors (Lipinski definition) is 6. The molecule has 1 amide bonds. The minimum absolute atomic E-state index is 0.0885. The van der Waals surface area contributed by atoms with Crippen molar-refractivity contribution in [2.24, 2.45) is 0 Å². The molecule has 0 radical (unpaired) electrons. The second-order valence-corrected chi connectivity index (χ2v) is 9.89. The van der Waals surface area contributed by atoms with Crippen molar-refractivity contribution in [1.29, 1.82) is 0 Å². The van der Waals surface area contributed by atoms with Crippen molar-refractivity contribution < 1.29 is 19.4 Å². The van der Waals surface area contributed by atoms with E-state index in [0.29, 0.717) is 37.2 Å². The van der Waals surface area contributed by atoms with Gasteiger partial charge in [0.05, 0.1) is 24.3 Å². The molecule has 0 bridgehead atoms. The van der Waals surface area contributed by atoms with Crippen molar-refractivity contribution in [2.75, 3.05) is 39.8 Å². The summed E-state index contributed by atoms with van der Waals surface area (Å²) in [7, 11) is 1.33. The molecule has 0 aromatic heterocycles. The second-order valence-electron chi connectivity index (χ2n) is 9.45. The Hall–Kier alpha value is -2.45. The number of rotatable bonds is 4. The van der Waals surface area contributed by atoms with Gasteiger partial charge in [0.1, 0.15) is 0 Å². The maximum atomic E-state index is 13.4. The van der Waals surface area contributed by atoms with Gasteiger partial charge < -0.3 is 14.7 Å². The summed E-state index contributed by atoms with van der Waals surface area (Å²) >= 11 is 6.15. The van der Waals surface area contributed by atoms with E-state index in [1.165, 1.54) is 12.7 Å². The standard InChI is InChI=1S/C25H28ClN3O4/c1-33-24(32)19-6-3-5-18(9-19)23(31)28-12-21-10-22(30)13-29(21)25(16-28)14-27(15-25)11-17-4-2-7-20(26)8-17/h2-9,21-22,30H,10-16H2,1H3/t21-,22+/m0/s1. The summed E-state index contributed by atoms with van der Waals surface area (Å²) in [6.07, 6.45) is 0.300. The minimum atomic E-state index is -0.458. The molecule has 33 heavy (non-hydrogen) atoms. The van der Waals surface area contributed by atoms with E-state index in [2.05, 4.69) is 15.9 Å². The number of amides is 1. The zero-order valence-electron chi connectivity index (χ0n) is 18.6. The van der Waals surface area contributed by atoms with E-state index in [-0.39, 0.29) is 23.6 Å². The molecule has 174 valence electrons. The van der Waals surface area contributed by atoms with Crippen LogP contribution in [0.5, 0.6) is 0 Å².